The molecule has 5 rings (SSSR count). The summed E-state index contributed by atoms with van der Waals surface area (Å²) in [6.45, 7) is 2.65. The number of benzene rings is 1. The zero-order valence-electron chi connectivity index (χ0n) is 14.0. The molecule has 26 heavy (non-hydrogen) atoms. The third-order valence-corrected chi connectivity index (χ3v) is 4.99. The lowest BCUT2D eigenvalue weighted by Crippen LogP contribution is -2.04. The Labute approximate surface area is 153 Å². The summed E-state index contributed by atoms with van der Waals surface area (Å²) in [4.78, 5) is 5.13. The number of hydrogen-bond acceptors (Lipinski definition) is 6. The van der Waals surface area contributed by atoms with Crippen LogP contribution in [0, 0.1) is 6.92 Å². The zero-order valence-corrected chi connectivity index (χ0v) is 14.8. The summed E-state index contributed by atoms with van der Waals surface area (Å²) in [5, 5.41) is 17.3. The summed E-state index contributed by atoms with van der Waals surface area (Å²) >= 11 is 1.48. The van der Waals surface area contributed by atoms with E-state index in [2.05, 4.69) is 49.2 Å². The molecule has 0 unspecified atom stereocenters. The molecule has 0 atom stereocenters. The predicted molar refractivity (Wildman–Crippen MR) is 102 cm³/mol. The van der Waals surface area contributed by atoms with Crippen LogP contribution < -0.4 is 5.32 Å². The smallest absolute Gasteiger partial charge is 0.236 e. The van der Waals surface area contributed by atoms with Crippen molar-refractivity contribution < 1.29 is 0 Å². The first kappa shape index (κ1) is 15.0. The van der Waals surface area contributed by atoms with Crippen molar-refractivity contribution in [2.45, 2.75) is 13.5 Å². The molecule has 4 aromatic heterocycles. The molecule has 8 heteroatoms. The number of pyridine rings is 1. The molecule has 0 amide bonds. The standard InChI is InChI=1S/C18H15N7S/c1-12-4-2-5-13(10-12)20-17-23-25-16(21-22-18(25)26-17)11-24-9-7-14-15(24)6-3-8-19-14/h2-10H,11H2,1H3,(H,20,23). The first-order valence-electron chi connectivity index (χ1n) is 8.21. The van der Waals surface area contributed by atoms with Gasteiger partial charge in [-0.3, -0.25) is 4.98 Å². The van der Waals surface area contributed by atoms with Crippen molar-refractivity contribution in [2.75, 3.05) is 5.32 Å². The summed E-state index contributed by atoms with van der Waals surface area (Å²) in [5.74, 6) is 0.787. The maximum Gasteiger partial charge on any atom is 0.236 e. The molecule has 0 bridgehead atoms. The third-order valence-electron chi connectivity index (χ3n) is 4.17. The largest absolute Gasteiger partial charge is 0.338 e. The average Bonchev–Trinajstić information content (AvgIpc) is 3.31. The van der Waals surface area contributed by atoms with E-state index in [1.165, 1.54) is 16.9 Å². The highest BCUT2D eigenvalue weighted by molar-refractivity contribution is 7.20. The average molecular weight is 361 g/mol. The maximum atomic E-state index is 4.63. The molecule has 1 aromatic carbocycles. The van der Waals surface area contributed by atoms with Gasteiger partial charge in [-0.05, 0) is 42.8 Å². The van der Waals surface area contributed by atoms with E-state index >= 15 is 0 Å². The van der Waals surface area contributed by atoms with Crippen molar-refractivity contribution in [3.63, 3.8) is 0 Å². The van der Waals surface area contributed by atoms with Gasteiger partial charge in [-0.1, -0.05) is 23.5 Å². The van der Waals surface area contributed by atoms with Crippen LogP contribution in [0.3, 0.4) is 0 Å². The van der Waals surface area contributed by atoms with Gasteiger partial charge < -0.3 is 9.88 Å². The first-order valence-corrected chi connectivity index (χ1v) is 9.02. The Bertz CT molecular complexity index is 1220. The normalized spacial score (nSPS) is 11.4. The highest BCUT2D eigenvalue weighted by Crippen LogP contribution is 2.24. The molecule has 1 N–H and O–H groups in total. The van der Waals surface area contributed by atoms with Crippen molar-refractivity contribution in [3.8, 4) is 0 Å². The number of nitrogens with one attached hydrogen (secondary N) is 1. The van der Waals surface area contributed by atoms with Crippen LogP contribution in [0.5, 0.6) is 0 Å². The minimum atomic E-state index is 0.587. The van der Waals surface area contributed by atoms with Crippen molar-refractivity contribution in [3.05, 3.63) is 66.2 Å². The Balaban J connectivity index is 1.46. The van der Waals surface area contributed by atoms with Gasteiger partial charge in [0.15, 0.2) is 5.82 Å². The van der Waals surface area contributed by atoms with E-state index in [0.29, 0.717) is 6.54 Å². The van der Waals surface area contributed by atoms with Crippen LogP contribution in [-0.4, -0.2) is 29.4 Å². The molecule has 0 fully saturated rings. The van der Waals surface area contributed by atoms with Gasteiger partial charge in [0.25, 0.3) is 0 Å². The van der Waals surface area contributed by atoms with Gasteiger partial charge in [-0.25, -0.2) is 0 Å². The molecule has 0 aliphatic carbocycles. The Hall–Kier alpha value is -3.26. The Kier molecular flexibility index (Phi) is 3.42. The van der Waals surface area contributed by atoms with Crippen LogP contribution in [0.15, 0.2) is 54.9 Å². The summed E-state index contributed by atoms with van der Waals surface area (Å²) < 4.78 is 3.90. The minimum absolute atomic E-state index is 0.587. The van der Waals surface area contributed by atoms with E-state index in [9.17, 15) is 0 Å². The quantitative estimate of drug-likeness (QED) is 0.529. The van der Waals surface area contributed by atoms with Gasteiger partial charge >= 0.3 is 0 Å². The molecule has 7 nitrogen and oxygen atoms in total. The second-order valence-electron chi connectivity index (χ2n) is 6.06. The zero-order chi connectivity index (χ0) is 17.5. The minimum Gasteiger partial charge on any atom is -0.338 e. The number of aromatic nitrogens is 6. The van der Waals surface area contributed by atoms with Gasteiger partial charge in [0, 0.05) is 18.1 Å². The van der Waals surface area contributed by atoms with Crippen LogP contribution in [0.25, 0.3) is 16.0 Å². The number of fused-ring (bicyclic) bond motifs is 2. The molecule has 4 heterocycles. The maximum absolute atomic E-state index is 4.63. The van der Waals surface area contributed by atoms with E-state index in [-0.39, 0.29) is 0 Å². The van der Waals surface area contributed by atoms with Crippen molar-refractivity contribution >= 4 is 38.2 Å². The molecule has 5 aromatic rings. The molecule has 0 radical (unpaired) electrons. The van der Waals surface area contributed by atoms with Crippen LogP contribution in [-0.2, 0) is 6.54 Å². The highest BCUT2D eigenvalue weighted by Gasteiger charge is 2.13. The number of nitrogens with zero attached hydrogens (tertiary/aromatic N) is 6. The molecular weight excluding hydrogens is 346 g/mol. The molecule has 0 aliphatic rings. The lowest BCUT2D eigenvalue weighted by atomic mass is 10.2. The number of hydrogen-bond donors (Lipinski definition) is 1. The van der Waals surface area contributed by atoms with Crippen LogP contribution in [0.4, 0.5) is 10.8 Å². The second kappa shape index (κ2) is 5.92. The monoisotopic (exact) mass is 361 g/mol. The van der Waals surface area contributed by atoms with Crippen molar-refractivity contribution in [1.82, 2.24) is 29.4 Å². The molecule has 128 valence electrons. The van der Waals surface area contributed by atoms with E-state index in [0.717, 1.165) is 32.6 Å². The van der Waals surface area contributed by atoms with Crippen molar-refractivity contribution in [2.24, 2.45) is 0 Å². The fourth-order valence-corrected chi connectivity index (χ4v) is 3.74. The van der Waals surface area contributed by atoms with Gasteiger partial charge in [0.2, 0.25) is 10.1 Å². The summed E-state index contributed by atoms with van der Waals surface area (Å²) in [5.41, 5.74) is 4.25. The molecule has 0 aliphatic heterocycles. The number of anilines is 2. The Morgan fingerprint density at radius 1 is 1.12 bits per heavy atom. The lowest BCUT2D eigenvalue weighted by Gasteiger charge is -2.03. The molecule has 0 saturated heterocycles. The highest BCUT2D eigenvalue weighted by atomic mass is 32.1. The molecule has 0 spiro atoms. The van der Waals surface area contributed by atoms with E-state index in [1.54, 1.807) is 10.7 Å². The van der Waals surface area contributed by atoms with Gasteiger partial charge in [0.1, 0.15) is 0 Å². The van der Waals surface area contributed by atoms with E-state index in [4.69, 9.17) is 0 Å². The number of rotatable bonds is 4. The molecular formula is C18H15N7S. The van der Waals surface area contributed by atoms with Crippen LogP contribution >= 0.6 is 11.3 Å². The van der Waals surface area contributed by atoms with E-state index in [1.807, 2.05) is 36.5 Å². The molecule has 0 saturated carbocycles. The van der Waals surface area contributed by atoms with E-state index < -0.39 is 0 Å². The topological polar surface area (TPSA) is 72.9 Å². The van der Waals surface area contributed by atoms with Gasteiger partial charge in [-0.2, -0.15) is 4.52 Å². The third kappa shape index (κ3) is 2.60. The summed E-state index contributed by atoms with van der Waals surface area (Å²) in [6.07, 6.45) is 3.81. The summed E-state index contributed by atoms with van der Waals surface area (Å²) in [7, 11) is 0. The first-order chi connectivity index (χ1) is 12.8. The van der Waals surface area contributed by atoms with Crippen LogP contribution in [0.1, 0.15) is 11.4 Å². The van der Waals surface area contributed by atoms with Gasteiger partial charge in [-0.15, -0.1) is 15.3 Å². The Morgan fingerprint density at radius 2 is 2.08 bits per heavy atom. The fourth-order valence-electron chi connectivity index (χ4n) is 2.96. The second-order valence-corrected chi connectivity index (χ2v) is 7.02. The Morgan fingerprint density at radius 3 is 3.00 bits per heavy atom. The number of aryl methyl sites for hydroxylation is 1. The lowest BCUT2D eigenvalue weighted by molar-refractivity contribution is 0.732. The SMILES string of the molecule is Cc1cccc(Nc2nn3c(Cn4ccc5ncccc54)nnc3s2)c1. The predicted octanol–water partition coefficient (Wildman–Crippen LogP) is 3.64. The summed E-state index contributed by atoms with van der Waals surface area (Å²) in [6, 6.07) is 14.2. The van der Waals surface area contributed by atoms with Crippen molar-refractivity contribution in [1.29, 1.82) is 0 Å². The van der Waals surface area contributed by atoms with Crippen LogP contribution in [0.2, 0.25) is 0 Å². The van der Waals surface area contributed by atoms with Gasteiger partial charge in [0.05, 0.1) is 17.6 Å². The fraction of sp³-hybridized carbons (Fsp3) is 0.111.